The van der Waals surface area contributed by atoms with Gasteiger partial charge in [0.05, 0.1) is 37.7 Å². The van der Waals surface area contributed by atoms with E-state index < -0.39 is 0 Å². The van der Waals surface area contributed by atoms with E-state index in [1.807, 2.05) is 0 Å². The Bertz CT molecular complexity index is 4590. The van der Waals surface area contributed by atoms with Crippen molar-refractivity contribution >= 4 is 49.4 Å². The molecule has 13 aromatic rings. The molecule has 0 bridgehead atoms. The molecule has 0 atom stereocenters. The van der Waals surface area contributed by atoms with E-state index in [9.17, 15) is 0 Å². The molecule has 1 aliphatic rings. The molecule has 4 aromatic heterocycles. The van der Waals surface area contributed by atoms with Crippen molar-refractivity contribution in [2.45, 2.75) is 98.8 Å². The zero-order valence-electron chi connectivity index (χ0n) is 51.0. The molecule has 0 radical (unpaired) electrons. The van der Waals surface area contributed by atoms with Crippen LogP contribution in [-0.2, 0) is 32.0 Å². The number of hydrogen-bond acceptors (Lipinski definition) is 0. The van der Waals surface area contributed by atoms with Gasteiger partial charge in [-0.3, -0.25) is 0 Å². The van der Waals surface area contributed by atoms with E-state index in [1.165, 1.54) is 134 Å². The van der Waals surface area contributed by atoms with E-state index in [2.05, 4.69) is 337 Å². The molecule has 0 unspecified atom stereocenters. The fourth-order valence-corrected chi connectivity index (χ4v) is 13.7. The van der Waals surface area contributed by atoms with Gasteiger partial charge in [0.1, 0.15) is 16.9 Å². The normalized spacial score (nSPS) is 13.3. The lowest BCUT2D eigenvalue weighted by molar-refractivity contribution is -0.634. The number of fused-ring (bicyclic) bond motifs is 5. The topological polar surface area (TPSA) is 25.9 Å². The smallest absolute Gasteiger partial charge is 0.225 e. The predicted octanol–water partition coefficient (Wildman–Crippen LogP) is 17.7. The lowest BCUT2D eigenvalue weighted by Gasteiger charge is -2.43. The van der Waals surface area contributed by atoms with Crippen LogP contribution in [0.4, 0.5) is 0 Å². The van der Waals surface area contributed by atoms with Crippen molar-refractivity contribution in [3.63, 3.8) is 0 Å². The molecule has 0 N–H and O–H groups in total. The minimum Gasteiger partial charge on any atom is -0.225 e. The van der Waals surface area contributed by atoms with Crippen molar-refractivity contribution in [3.8, 4) is 45.4 Å². The number of aromatic nitrogens is 6. The number of hydrogen-bond donors (Lipinski definition) is 0. The fourth-order valence-electron chi connectivity index (χ4n) is 13.7. The Labute approximate surface area is 490 Å². The van der Waals surface area contributed by atoms with E-state index >= 15 is 0 Å². The number of imidazole rings is 3. The second-order valence-corrected chi connectivity index (χ2v) is 24.7. The number of nitrogens with zero attached hydrogens (tertiary/aromatic N) is 6. The van der Waals surface area contributed by atoms with Crippen LogP contribution in [0.25, 0.3) is 94.8 Å². The van der Waals surface area contributed by atoms with Crippen molar-refractivity contribution in [3.05, 3.63) is 251 Å². The van der Waals surface area contributed by atoms with Gasteiger partial charge in [0.25, 0.3) is 17.3 Å². The second kappa shape index (κ2) is 21.1. The monoisotopic (exact) mass is 1090 g/mol. The first-order chi connectivity index (χ1) is 39.9. The average Bonchev–Trinajstić information content (AvgIpc) is 1.84. The predicted molar refractivity (Wildman–Crippen MR) is 347 cm³/mol. The molecule has 6 heteroatoms. The molecule has 0 spiro atoms. The molecule has 83 heavy (non-hydrogen) atoms. The van der Waals surface area contributed by atoms with Gasteiger partial charge in [-0.15, -0.1) is 0 Å². The Morgan fingerprint density at radius 1 is 0.410 bits per heavy atom. The average molecular weight is 1090 g/mol. The summed E-state index contributed by atoms with van der Waals surface area (Å²) in [7, 11) is 6.58. The highest BCUT2D eigenvalue weighted by molar-refractivity contribution is 6.14. The zero-order valence-corrected chi connectivity index (χ0v) is 51.0. The van der Waals surface area contributed by atoms with Gasteiger partial charge in [-0.2, -0.15) is 13.5 Å². The first kappa shape index (κ1) is 54.7. The maximum Gasteiger partial charge on any atom is 0.295 e. The lowest BCUT2D eigenvalue weighted by atomic mass is 9.60. The van der Waals surface area contributed by atoms with Crippen LogP contribution < -0.4 is 13.7 Å². The molecule has 1 aliphatic heterocycles. The van der Waals surface area contributed by atoms with Gasteiger partial charge in [-0.25, -0.2) is 13.7 Å². The first-order valence-corrected chi connectivity index (χ1v) is 29.7. The minimum absolute atomic E-state index is 0.0121. The van der Waals surface area contributed by atoms with Crippen LogP contribution in [0.3, 0.4) is 0 Å². The highest BCUT2D eigenvalue weighted by atomic mass is 15.2. The van der Waals surface area contributed by atoms with Crippen molar-refractivity contribution in [1.29, 1.82) is 0 Å². The molecule has 0 fully saturated rings. The lowest BCUT2D eigenvalue weighted by Crippen LogP contribution is -2.44. The first-order valence-electron chi connectivity index (χ1n) is 29.7. The molecule has 9 aromatic carbocycles. The van der Waals surface area contributed by atoms with E-state index in [1.54, 1.807) is 0 Å². The van der Waals surface area contributed by atoms with Crippen LogP contribution in [0.2, 0.25) is 0 Å². The van der Waals surface area contributed by atoms with Gasteiger partial charge < -0.3 is 0 Å². The van der Waals surface area contributed by atoms with Crippen LogP contribution in [0.15, 0.2) is 212 Å². The Balaban J connectivity index is 0.000000124. The third-order valence-electron chi connectivity index (χ3n) is 18.6. The van der Waals surface area contributed by atoms with Gasteiger partial charge in [-0.1, -0.05) is 219 Å². The minimum atomic E-state index is -0.0556. The summed E-state index contributed by atoms with van der Waals surface area (Å²) in [5, 5.41) is 4.05. The van der Waals surface area contributed by atoms with Gasteiger partial charge in [0, 0.05) is 43.9 Å². The van der Waals surface area contributed by atoms with Crippen molar-refractivity contribution in [1.82, 2.24) is 13.5 Å². The third kappa shape index (κ3) is 8.71. The summed E-state index contributed by atoms with van der Waals surface area (Å²) in [4.78, 5) is 0. The Kier molecular flexibility index (Phi) is 13.9. The molecule has 0 saturated heterocycles. The summed E-state index contributed by atoms with van der Waals surface area (Å²) >= 11 is 0. The van der Waals surface area contributed by atoms with Crippen LogP contribution in [-0.4, -0.2) is 13.5 Å². The largest absolute Gasteiger partial charge is 0.295 e. The standard InChI is InChI=1S/C29H29N2.C27H31N2.C21H19N2/c1-18-12-10-15-20-21-16-11-17-22-25(21)31-26(29(4,5)28(22,2)3)24(19-13-8-7-9-14-19)30(6)27(31)23(18)20;1-18(2)21-14-11-15-22(19(3)4)26(21)29-25-17-10-9-16-24(25)28(6)27(29)23-13-8-7-12-20(23)5;1-16-10-6-7-13-18(16)21-22(2)19-14-8-9-15-20(19)23(21)17-11-4-3-5-12-17/h7-17H,1-6H3;7-19H,1-6H3;3-15H,1-2H3/q3*+1. The SMILES string of the molecule is Cc1cccc2c3cccc4c3n3c(c(-c5ccccc5)[n+](C)c3c12)C(C)(C)C4(C)C.Cc1ccccc1-c1n(-c2c(C(C)C)cccc2C(C)C)c2ccccc2[n+]1C.Cc1ccccc1-c1n(-c2ccccc2)c2ccccc2[n+]1C. The van der Waals surface area contributed by atoms with E-state index in [4.69, 9.17) is 0 Å². The number of pyridine rings is 1. The summed E-state index contributed by atoms with van der Waals surface area (Å²) in [5.74, 6) is 3.33. The molecular formula is C77H79N6+3. The zero-order chi connectivity index (χ0) is 58.2. The van der Waals surface area contributed by atoms with E-state index in [-0.39, 0.29) is 10.8 Å². The summed E-state index contributed by atoms with van der Waals surface area (Å²) in [6, 6.07) is 76.5. The maximum atomic E-state index is 2.59. The van der Waals surface area contributed by atoms with Gasteiger partial charge in [-0.05, 0) is 97.8 Å². The fraction of sp³-hybridized carbons (Fsp3) is 0.234. The van der Waals surface area contributed by atoms with Crippen molar-refractivity contribution in [2.75, 3.05) is 0 Å². The Morgan fingerprint density at radius 3 is 1.43 bits per heavy atom. The summed E-state index contributed by atoms with van der Waals surface area (Å²) < 4.78 is 14.5. The van der Waals surface area contributed by atoms with Crippen LogP contribution in [0.1, 0.15) is 106 Å². The number of para-hydroxylation sites is 7. The van der Waals surface area contributed by atoms with E-state index in [0.29, 0.717) is 11.8 Å². The highest BCUT2D eigenvalue weighted by Crippen LogP contribution is 2.53. The molecule has 414 valence electrons. The second-order valence-electron chi connectivity index (χ2n) is 24.7. The summed E-state index contributed by atoms with van der Waals surface area (Å²) in [6.45, 7) is 25.5. The van der Waals surface area contributed by atoms with Crippen LogP contribution in [0, 0.1) is 20.8 Å². The van der Waals surface area contributed by atoms with Crippen molar-refractivity contribution in [2.24, 2.45) is 21.1 Å². The van der Waals surface area contributed by atoms with Gasteiger partial charge in [0.2, 0.25) is 0 Å². The molecule has 0 amide bonds. The molecule has 14 rings (SSSR count). The van der Waals surface area contributed by atoms with Crippen LogP contribution >= 0.6 is 0 Å². The van der Waals surface area contributed by atoms with E-state index in [0.717, 1.165) is 0 Å². The number of rotatable bonds is 7. The third-order valence-corrected chi connectivity index (χ3v) is 18.6. The number of benzene rings is 9. The van der Waals surface area contributed by atoms with Gasteiger partial charge >= 0.3 is 0 Å². The van der Waals surface area contributed by atoms with Crippen molar-refractivity contribution < 1.29 is 13.7 Å². The van der Waals surface area contributed by atoms with Crippen LogP contribution in [0.5, 0.6) is 0 Å². The molecular weight excluding hydrogens is 1010 g/mol. The quantitative estimate of drug-likeness (QED) is 0.112. The molecule has 0 saturated carbocycles. The summed E-state index contributed by atoms with van der Waals surface area (Å²) in [6.07, 6.45) is 0. The maximum absolute atomic E-state index is 2.59. The summed E-state index contributed by atoms with van der Waals surface area (Å²) in [5.41, 5.74) is 24.8. The van der Waals surface area contributed by atoms with Gasteiger partial charge in [0.15, 0.2) is 33.5 Å². The molecule has 5 heterocycles. The Morgan fingerprint density at radius 2 is 0.867 bits per heavy atom. The number of aryl methyl sites for hydroxylation is 6. The highest BCUT2D eigenvalue weighted by Gasteiger charge is 2.52. The molecule has 0 aliphatic carbocycles. The Hall–Kier alpha value is -8.87. The molecule has 6 nitrogen and oxygen atoms in total.